The molecule has 3 nitrogen and oxygen atoms in total. The van der Waals surface area contributed by atoms with Crippen LogP contribution in [0.2, 0.25) is 0 Å². The van der Waals surface area contributed by atoms with Gasteiger partial charge >= 0.3 is 0 Å². The number of aliphatic hydroxyl groups is 1. The predicted octanol–water partition coefficient (Wildman–Crippen LogP) is 0.0363. The van der Waals surface area contributed by atoms with Crippen LogP contribution in [0.1, 0.15) is 20.3 Å². The first-order valence-electron chi connectivity index (χ1n) is 4.75. The van der Waals surface area contributed by atoms with Crippen molar-refractivity contribution in [3.8, 4) is 0 Å². The molecule has 1 fully saturated rings. The Hall–Kier alpha value is -0.120. The molecule has 1 aliphatic heterocycles. The first-order valence-corrected chi connectivity index (χ1v) is 4.75. The number of aliphatic hydroxyl groups excluding tert-OH is 1. The molecule has 3 heteroatoms. The van der Waals surface area contributed by atoms with Crippen LogP contribution in [0.5, 0.6) is 0 Å². The number of rotatable bonds is 3. The second-order valence-corrected chi connectivity index (χ2v) is 3.98. The van der Waals surface area contributed by atoms with Crippen molar-refractivity contribution in [3.05, 3.63) is 0 Å². The smallest absolute Gasteiger partial charge is 0.0585 e. The molecule has 0 aliphatic carbocycles. The summed E-state index contributed by atoms with van der Waals surface area (Å²) < 4.78 is 0. The number of likely N-dealkylation sites (tertiary alicyclic amines) is 1. The fourth-order valence-corrected chi connectivity index (χ4v) is 1.78. The van der Waals surface area contributed by atoms with Crippen LogP contribution in [0.4, 0.5) is 0 Å². The second-order valence-electron chi connectivity index (χ2n) is 3.98. The van der Waals surface area contributed by atoms with Gasteiger partial charge in [-0.25, -0.2) is 0 Å². The van der Waals surface area contributed by atoms with E-state index in [0.717, 1.165) is 19.5 Å². The van der Waals surface area contributed by atoms with Gasteiger partial charge in [-0.3, -0.25) is 0 Å². The van der Waals surface area contributed by atoms with Gasteiger partial charge in [0.05, 0.1) is 6.61 Å². The highest BCUT2D eigenvalue weighted by Gasteiger charge is 2.27. The molecule has 1 saturated heterocycles. The lowest BCUT2D eigenvalue weighted by atomic mass is 10.0. The van der Waals surface area contributed by atoms with E-state index in [4.69, 9.17) is 10.8 Å². The first-order chi connectivity index (χ1) is 5.65. The molecule has 0 spiro atoms. The summed E-state index contributed by atoms with van der Waals surface area (Å²) in [5.41, 5.74) is 5.76. The number of hydrogen-bond donors (Lipinski definition) is 2. The Morgan fingerprint density at radius 3 is 2.67 bits per heavy atom. The van der Waals surface area contributed by atoms with Crippen LogP contribution < -0.4 is 5.73 Å². The maximum absolute atomic E-state index is 8.88. The summed E-state index contributed by atoms with van der Waals surface area (Å²) >= 11 is 0. The number of hydrogen-bond acceptors (Lipinski definition) is 3. The zero-order chi connectivity index (χ0) is 9.14. The van der Waals surface area contributed by atoms with Crippen LogP contribution in [-0.2, 0) is 0 Å². The SMILES string of the molecule is CC(C)N1CCC(C(N)CO)C1. The van der Waals surface area contributed by atoms with E-state index in [-0.39, 0.29) is 12.6 Å². The third-order valence-electron chi connectivity index (χ3n) is 2.80. The molecule has 1 heterocycles. The average Bonchev–Trinajstić information content (AvgIpc) is 2.51. The van der Waals surface area contributed by atoms with Gasteiger partial charge < -0.3 is 15.7 Å². The fraction of sp³-hybridized carbons (Fsp3) is 1.00. The molecular weight excluding hydrogens is 152 g/mol. The average molecular weight is 172 g/mol. The van der Waals surface area contributed by atoms with E-state index in [1.807, 2.05) is 0 Å². The molecule has 1 rings (SSSR count). The van der Waals surface area contributed by atoms with E-state index in [1.165, 1.54) is 0 Å². The minimum atomic E-state index is -0.0197. The van der Waals surface area contributed by atoms with Crippen LogP contribution in [-0.4, -0.2) is 41.8 Å². The summed E-state index contributed by atoms with van der Waals surface area (Å²) in [5, 5.41) is 8.88. The zero-order valence-electron chi connectivity index (χ0n) is 8.03. The van der Waals surface area contributed by atoms with E-state index in [0.29, 0.717) is 12.0 Å². The lowest BCUT2D eigenvalue weighted by molar-refractivity contribution is 0.212. The Kier molecular flexibility index (Phi) is 3.50. The standard InChI is InChI=1S/C9H20N2O/c1-7(2)11-4-3-8(5-11)9(10)6-12/h7-9,12H,3-6,10H2,1-2H3. The summed E-state index contributed by atoms with van der Waals surface area (Å²) in [6, 6.07) is 0.592. The minimum Gasteiger partial charge on any atom is -0.395 e. The van der Waals surface area contributed by atoms with Gasteiger partial charge in [0.2, 0.25) is 0 Å². The third-order valence-corrected chi connectivity index (χ3v) is 2.80. The largest absolute Gasteiger partial charge is 0.395 e. The molecule has 0 aromatic heterocycles. The van der Waals surface area contributed by atoms with Gasteiger partial charge in [-0.15, -0.1) is 0 Å². The second kappa shape index (κ2) is 4.21. The van der Waals surface area contributed by atoms with Crippen LogP contribution >= 0.6 is 0 Å². The third kappa shape index (κ3) is 2.19. The van der Waals surface area contributed by atoms with Gasteiger partial charge in [-0.2, -0.15) is 0 Å². The van der Waals surface area contributed by atoms with Crippen molar-refractivity contribution in [2.45, 2.75) is 32.4 Å². The molecule has 0 radical (unpaired) electrons. The van der Waals surface area contributed by atoms with Crippen molar-refractivity contribution in [1.82, 2.24) is 4.90 Å². The monoisotopic (exact) mass is 172 g/mol. The summed E-state index contributed by atoms with van der Waals surface area (Å²) in [4.78, 5) is 2.42. The van der Waals surface area contributed by atoms with Crippen LogP contribution in [0.15, 0.2) is 0 Å². The topological polar surface area (TPSA) is 49.5 Å². The van der Waals surface area contributed by atoms with Crippen molar-refractivity contribution < 1.29 is 5.11 Å². The molecule has 0 aromatic rings. The summed E-state index contributed by atoms with van der Waals surface area (Å²) in [6.45, 7) is 6.71. The Balaban J connectivity index is 2.35. The van der Waals surface area contributed by atoms with Gasteiger partial charge in [0, 0.05) is 18.6 Å². The molecular formula is C9H20N2O. The van der Waals surface area contributed by atoms with E-state index >= 15 is 0 Å². The van der Waals surface area contributed by atoms with Crippen LogP contribution in [0.25, 0.3) is 0 Å². The van der Waals surface area contributed by atoms with Gasteiger partial charge in [-0.1, -0.05) is 0 Å². The van der Waals surface area contributed by atoms with E-state index in [1.54, 1.807) is 0 Å². The normalized spacial score (nSPS) is 28.2. The van der Waals surface area contributed by atoms with E-state index < -0.39 is 0 Å². The molecule has 1 aliphatic rings. The molecule has 3 N–H and O–H groups in total. The van der Waals surface area contributed by atoms with Gasteiger partial charge in [0.15, 0.2) is 0 Å². The van der Waals surface area contributed by atoms with Crippen molar-refractivity contribution >= 4 is 0 Å². The highest BCUT2D eigenvalue weighted by atomic mass is 16.3. The van der Waals surface area contributed by atoms with Gasteiger partial charge in [0.1, 0.15) is 0 Å². The first kappa shape index (κ1) is 9.96. The zero-order valence-corrected chi connectivity index (χ0v) is 8.03. The van der Waals surface area contributed by atoms with Crippen molar-refractivity contribution in [1.29, 1.82) is 0 Å². The molecule has 2 unspecified atom stereocenters. The molecule has 0 saturated carbocycles. The lowest BCUT2D eigenvalue weighted by Crippen LogP contribution is -2.36. The lowest BCUT2D eigenvalue weighted by Gasteiger charge is -2.21. The number of nitrogens with two attached hydrogens (primary N) is 1. The van der Waals surface area contributed by atoms with Gasteiger partial charge in [0.25, 0.3) is 0 Å². The maximum Gasteiger partial charge on any atom is 0.0585 e. The van der Waals surface area contributed by atoms with Crippen molar-refractivity contribution in [3.63, 3.8) is 0 Å². The van der Waals surface area contributed by atoms with E-state index in [9.17, 15) is 0 Å². The molecule has 12 heavy (non-hydrogen) atoms. The quantitative estimate of drug-likeness (QED) is 0.632. The molecule has 0 aromatic carbocycles. The fourth-order valence-electron chi connectivity index (χ4n) is 1.78. The Bertz CT molecular complexity index is 138. The summed E-state index contributed by atoms with van der Waals surface area (Å²) in [7, 11) is 0. The Morgan fingerprint density at radius 2 is 2.25 bits per heavy atom. The van der Waals surface area contributed by atoms with Gasteiger partial charge in [-0.05, 0) is 32.7 Å². The molecule has 72 valence electrons. The highest BCUT2D eigenvalue weighted by molar-refractivity contribution is 4.83. The van der Waals surface area contributed by atoms with Crippen molar-refractivity contribution in [2.24, 2.45) is 11.7 Å². The number of nitrogens with zero attached hydrogens (tertiary/aromatic N) is 1. The summed E-state index contributed by atoms with van der Waals surface area (Å²) in [5.74, 6) is 0.498. The Morgan fingerprint density at radius 1 is 1.58 bits per heavy atom. The molecule has 0 bridgehead atoms. The van der Waals surface area contributed by atoms with Crippen LogP contribution in [0, 0.1) is 5.92 Å². The van der Waals surface area contributed by atoms with Crippen molar-refractivity contribution in [2.75, 3.05) is 19.7 Å². The predicted molar refractivity (Wildman–Crippen MR) is 49.9 cm³/mol. The highest BCUT2D eigenvalue weighted by Crippen LogP contribution is 2.20. The van der Waals surface area contributed by atoms with E-state index in [2.05, 4.69) is 18.7 Å². The molecule has 2 atom stereocenters. The molecule has 0 amide bonds. The Labute approximate surface area is 74.5 Å². The van der Waals surface area contributed by atoms with Crippen LogP contribution in [0.3, 0.4) is 0 Å². The summed E-state index contributed by atoms with van der Waals surface area (Å²) in [6.07, 6.45) is 1.14. The minimum absolute atomic E-state index is 0.0197. The maximum atomic E-state index is 8.88.